The highest BCUT2D eigenvalue weighted by Crippen LogP contribution is 2.27. The van der Waals surface area contributed by atoms with Crippen molar-refractivity contribution in [2.24, 2.45) is 0 Å². The molecule has 4 nitrogen and oxygen atoms in total. The largest absolute Gasteiger partial charge is 0.480 e. The summed E-state index contributed by atoms with van der Waals surface area (Å²) in [6, 6.07) is 0. The highest BCUT2D eigenvalue weighted by molar-refractivity contribution is 6.76. The highest BCUT2D eigenvalue weighted by atomic mass is 35.6. The third kappa shape index (κ3) is 3.99. The summed E-state index contributed by atoms with van der Waals surface area (Å²) in [6.45, 7) is -0.493. The molecule has 0 unspecified atom stereocenters. The van der Waals surface area contributed by atoms with Gasteiger partial charge >= 0.3 is 5.97 Å². The van der Waals surface area contributed by atoms with Gasteiger partial charge < -0.3 is 10.0 Å². The van der Waals surface area contributed by atoms with Crippen LogP contribution in [0.2, 0.25) is 0 Å². The Morgan fingerprint density at radius 1 is 1.42 bits per heavy atom. The molecule has 7 heteroatoms. The van der Waals surface area contributed by atoms with Gasteiger partial charge in [-0.05, 0) is 0 Å². The zero-order valence-corrected chi connectivity index (χ0v) is 8.32. The van der Waals surface area contributed by atoms with Crippen LogP contribution in [0, 0.1) is 0 Å². The second-order valence-electron chi connectivity index (χ2n) is 2.05. The van der Waals surface area contributed by atoms with Gasteiger partial charge in [0.1, 0.15) is 6.54 Å². The van der Waals surface area contributed by atoms with Crippen molar-refractivity contribution >= 4 is 46.7 Å². The number of carbonyl (C=O) groups excluding carboxylic acids is 1. The summed E-state index contributed by atoms with van der Waals surface area (Å²) in [5, 5.41) is 8.28. The highest BCUT2D eigenvalue weighted by Gasteiger charge is 2.34. The third-order valence-corrected chi connectivity index (χ3v) is 1.45. The van der Waals surface area contributed by atoms with Crippen LogP contribution in [0.4, 0.5) is 0 Å². The Morgan fingerprint density at radius 3 is 2.08 bits per heavy atom. The quantitative estimate of drug-likeness (QED) is 0.722. The number of nitrogens with zero attached hydrogens (tertiary/aromatic N) is 1. The number of carbonyl (C=O) groups is 2. The Morgan fingerprint density at radius 2 is 1.83 bits per heavy atom. The van der Waals surface area contributed by atoms with Crippen molar-refractivity contribution in [2.45, 2.75) is 3.79 Å². The van der Waals surface area contributed by atoms with Crippen molar-refractivity contribution in [3.8, 4) is 0 Å². The maximum atomic E-state index is 11.0. The minimum absolute atomic E-state index is 0.493. The molecule has 0 radical (unpaired) electrons. The molecule has 0 fully saturated rings. The fraction of sp³-hybridized carbons (Fsp3) is 0.600. The fourth-order valence-electron chi connectivity index (χ4n) is 0.491. The molecule has 1 amide bonds. The van der Waals surface area contributed by atoms with Crippen LogP contribution in [0.15, 0.2) is 0 Å². The molecular formula is C5H6Cl3NO3. The molecule has 0 heterocycles. The van der Waals surface area contributed by atoms with Crippen LogP contribution in [0.1, 0.15) is 0 Å². The number of alkyl halides is 3. The summed E-state index contributed by atoms with van der Waals surface area (Å²) in [4.78, 5) is 21.9. The van der Waals surface area contributed by atoms with E-state index in [1.165, 1.54) is 7.05 Å². The number of rotatable bonds is 2. The van der Waals surface area contributed by atoms with Crippen LogP contribution in [0.3, 0.4) is 0 Å². The SMILES string of the molecule is CN(CC(=O)O)C(=O)C(Cl)(Cl)Cl. The van der Waals surface area contributed by atoms with Gasteiger partial charge in [-0.2, -0.15) is 0 Å². The van der Waals surface area contributed by atoms with Gasteiger partial charge in [-0.3, -0.25) is 9.59 Å². The molecule has 0 spiro atoms. The fourth-order valence-corrected chi connectivity index (χ4v) is 0.924. The average molecular weight is 234 g/mol. The van der Waals surface area contributed by atoms with Crippen molar-refractivity contribution in [3.05, 3.63) is 0 Å². The lowest BCUT2D eigenvalue weighted by molar-refractivity contribution is -0.143. The minimum atomic E-state index is -2.09. The van der Waals surface area contributed by atoms with E-state index >= 15 is 0 Å². The van der Waals surface area contributed by atoms with E-state index in [1.807, 2.05) is 0 Å². The molecule has 1 N–H and O–H groups in total. The van der Waals surface area contributed by atoms with Crippen molar-refractivity contribution in [1.82, 2.24) is 4.90 Å². The molecule has 0 atom stereocenters. The second kappa shape index (κ2) is 4.16. The monoisotopic (exact) mass is 233 g/mol. The summed E-state index contributed by atoms with van der Waals surface area (Å²) < 4.78 is -2.09. The number of carboxylic acids is 1. The Labute approximate surface area is 84.0 Å². The van der Waals surface area contributed by atoms with E-state index < -0.39 is 22.2 Å². The first-order valence-electron chi connectivity index (χ1n) is 2.79. The van der Waals surface area contributed by atoms with Gasteiger partial charge in [-0.1, -0.05) is 34.8 Å². The van der Waals surface area contributed by atoms with Gasteiger partial charge in [-0.15, -0.1) is 0 Å². The van der Waals surface area contributed by atoms with Crippen LogP contribution >= 0.6 is 34.8 Å². The molecule has 12 heavy (non-hydrogen) atoms. The molecule has 0 aromatic carbocycles. The second-order valence-corrected chi connectivity index (χ2v) is 4.33. The Bertz CT molecular complexity index is 201. The van der Waals surface area contributed by atoms with Crippen molar-refractivity contribution < 1.29 is 14.7 Å². The van der Waals surface area contributed by atoms with E-state index in [0.29, 0.717) is 0 Å². The zero-order chi connectivity index (χ0) is 9.94. The summed E-state index contributed by atoms with van der Waals surface area (Å²) in [7, 11) is 1.23. The van der Waals surface area contributed by atoms with E-state index in [2.05, 4.69) is 0 Å². The van der Waals surface area contributed by atoms with E-state index in [1.54, 1.807) is 0 Å². The number of aliphatic carboxylic acids is 1. The normalized spacial score (nSPS) is 11.0. The van der Waals surface area contributed by atoms with Crippen LogP contribution in [-0.4, -0.2) is 39.3 Å². The van der Waals surface area contributed by atoms with Gasteiger partial charge in [0, 0.05) is 7.05 Å². The molecule has 0 saturated carbocycles. The Balaban J connectivity index is 4.21. The molecule has 0 aliphatic heterocycles. The number of halogens is 3. The maximum absolute atomic E-state index is 11.0. The van der Waals surface area contributed by atoms with Crippen molar-refractivity contribution in [3.63, 3.8) is 0 Å². The van der Waals surface area contributed by atoms with E-state index in [9.17, 15) is 9.59 Å². The molecule has 0 saturated heterocycles. The van der Waals surface area contributed by atoms with Gasteiger partial charge in [0.05, 0.1) is 0 Å². The summed E-state index contributed by atoms with van der Waals surface area (Å²) in [6.07, 6.45) is 0. The lowest BCUT2D eigenvalue weighted by Gasteiger charge is -2.18. The number of hydrogen-bond acceptors (Lipinski definition) is 2. The molecule has 0 aromatic heterocycles. The molecular weight excluding hydrogens is 228 g/mol. The van der Waals surface area contributed by atoms with Crippen LogP contribution in [0.25, 0.3) is 0 Å². The first-order chi connectivity index (χ1) is 5.25. The van der Waals surface area contributed by atoms with Gasteiger partial charge in [0.15, 0.2) is 0 Å². The number of carboxylic acid groups (broad SMARTS) is 1. The maximum Gasteiger partial charge on any atom is 0.323 e. The summed E-state index contributed by atoms with van der Waals surface area (Å²) in [5.74, 6) is -2.03. The first kappa shape index (κ1) is 11.8. The molecule has 0 aromatic rings. The first-order valence-corrected chi connectivity index (χ1v) is 3.92. The predicted octanol–water partition coefficient (Wildman–Crippen LogP) is 0.900. The van der Waals surface area contributed by atoms with E-state index in [4.69, 9.17) is 39.9 Å². The van der Waals surface area contributed by atoms with Crippen molar-refractivity contribution in [2.75, 3.05) is 13.6 Å². The Hall–Kier alpha value is -0.190. The zero-order valence-electron chi connectivity index (χ0n) is 6.05. The number of likely N-dealkylation sites (N-methyl/N-ethyl adjacent to an activating group) is 1. The van der Waals surface area contributed by atoms with Crippen LogP contribution in [-0.2, 0) is 9.59 Å². The van der Waals surface area contributed by atoms with Crippen LogP contribution in [0.5, 0.6) is 0 Å². The van der Waals surface area contributed by atoms with Gasteiger partial charge in [-0.25, -0.2) is 0 Å². The lowest BCUT2D eigenvalue weighted by Crippen LogP contribution is -2.39. The van der Waals surface area contributed by atoms with E-state index in [-0.39, 0.29) is 0 Å². The smallest absolute Gasteiger partial charge is 0.323 e. The molecule has 0 bridgehead atoms. The van der Waals surface area contributed by atoms with Gasteiger partial charge in [0.2, 0.25) is 0 Å². The predicted molar refractivity (Wildman–Crippen MR) is 45.6 cm³/mol. The number of amides is 1. The average Bonchev–Trinajstić information content (AvgIpc) is 1.82. The summed E-state index contributed by atoms with van der Waals surface area (Å²) in [5.41, 5.74) is 0. The summed E-state index contributed by atoms with van der Waals surface area (Å²) >= 11 is 15.6. The van der Waals surface area contributed by atoms with Crippen molar-refractivity contribution in [1.29, 1.82) is 0 Å². The van der Waals surface area contributed by atoms with E-state index in [0.717, 1.165) is 4.90 Å². The third-order valence-electron chi connectivity index (χ3n) is 0.962. The van der Waals surface area contributed by atoms with Crippen LogP contribution < -0.4 is 0 Å². The van der Waals surface area contributed by atoms with Gasteiger partial charge in [0.25, 0.3) is 9.70 Å². The lowest BCUT2D eigenvalue weighted by atomic mass is 10.5. The molecule has 0 aliphatic carbocycles. The molecule has 0 aliphatic rings. The number of hydrogen-bond donors (Lipinski definition) is 1. The standard InChI is InChI=1S/C5H6Cl3NO3/c1-9(2-3(10)11)4(12)5(6,7)8/h2H2,1H3,(H,10,11). The topological polar surface area (TPSA) is 57.6 Å². The molecule has 70 valence electrons. The molecule has 0 rings (SSSR count). The minimum Gasteiger partial charge on any atom is -0.480 e. The Kier molecular flexibility index (Phi) is 4.10.